The van der Waals surface area contributed by atoms with E-state index in [4.69, 9.17) is 9.47 Å². The summed E-state index contributed by atoms with van der Waals surface area (Å²) in [5.41, 5.74) is 4.85. The average Bonchev–Trinajstić information content (AvgIpc) is 2.74. The Morgan fingerprint density at radius 2 is 1.52 bits per heavy atom. The molecule has 0 atom stereocenters. The molecule has 0 radical (unpaired) electrons. The molecule has 1 amide bonds. The molecule has 3 aromatic rings. The van der Waals surface area contributed by atoms with Crippen LogP contribution in [0.1, 0.15) is 11.1 Å². The smallest absolute Gasteiger partial charge is 0.344 e. The van der Waals surface area contributed by atoms with Crippen molar-refractivity contribution in [3.63, 3.8) is 0 Å². The molecule has 0 bridgehead atoms. The average molecular weight is 389 g/mol. The van der Waals surface area contributed by atoms with E-state index in [1.54, 1.807) is 12.1 Å². The quantitative estimate of drug-likeness (QED) is 0.603. The summed E-state index contributed by atoms with van der Waals surface area (Å²) in [4.78, 5) is 23.9. The van der Waals surface area contributed by atoms with Crippen LogP contribution in [0.3, 0.4) is 0 Å². The van der Waals surface area contributed by atoms with Gasteiger partial charge in [-0.1, -0.05) is 54.6 Å². The van der Waals surface area contributed by atoms with Crippen LogP contribution in [-0.4, -0.2) is 25.1 Å². The predicted molar refractivity (Wildman–Crippen MR) is 113 cm³/mol. The number of amides is 1. The summed E-state index contributed by atoms with van der Waals surface area (Å²) in [6.45, 7) is 3.22. The first kappa shape index (κ1) is 20.1. The van der Waals surface area contributed by atoms with Crippen molar-refractivity contribution in [3.8, 4) is 16.9 Å². The summed E-state index contributed by atoms with van der Waals surface area (Å²) in [7, 11) is 0. The Balaban J connectivity index is 1.44. The maximum atomic E-state index is 12.0. The monoisotopic (exact) mass is 389 g/mol. The van der Waals surface area contributed by atoms with Gasteiger partial charge in [-0.2, -0.15) is 0 Å². The van der Waals surface area contributed by atoms with Crippen LogP contribution in [0, 0.1) is 13.8 Å². The number of benzene rings is 3. The summed E-state index contributed by atoms with van der Waals surface area (Å²) >= 11 is 0. The Bertz CT molecular complexity index is 982. The first-order chi connectivity index (χ1) is 14.0. The van der Waals surface area contributed by atoms with E-state index >= 15 is 0 Å². The van der Waals surface area contributed by atoms with Gasteiger partial charge in [0, 0.05) is 5.69 Å². The molecule has 0 aliphatic rings. The molecular weight excluding hydrogens is 366 g/mol. The molecule has 0 aliphatic heterocycles. The third-order valence-corrected chi connectivity index (χ3v) is 4.35. The standard InChI is InChI=1S/C24H23NO4/c1-17-8-9-18(2)22(14-17)25-23(26)15-29-24(27)16-28-21-12-10-20(11-13-21)19-6-4-3-5-7-19/h3-14H,15-16H2,1-2H3,(H,25,26). The molecule has 0 aromatic heterocycles. The molecule has 5 heteroatoms. The second-order valence-corrected chi connectivity index (χ2v) is 6.71. The van der Waals surface area contributed by atoms with Crippen LogP contribution in [0.25, 0.3) is 11.1 Å². The Morgan fingerprint density at radius 3 is 2.24 bits per heavy atom. The maximum Gasteiger partial charge on any atom is 0.344 e. The lowest BCUT2D eigenvalue weighted by Gasteiger charge is -2.10. The third kappa shape index (κ3) is 5.94. The van der Waals surface area contributed by atoms with E-state index in [1.165, 1.54) is 0 Å². The zero-order valence-electron chi connectivity index (χ0n) is 16.5. The van der Waals surface area contributed by atoms with Crippen LogP contribution in [0.4, 0.5) is 5.69 Å². The van der Waals surface area contributed by atoms with E-state index in [1.807, 2.05) is 74.5 Å². The summed E-state index contributed by atoms with van der Waals surface area (Å²) in [6, 6.07) is 23.2. The second-order valence-electron chi connectivity index (χ2n) is 6.71. The van der Waals surface area contributed by atoms with Gasteiger partial charge >= 0.3 is 5.97 Å². The number of rotatable bonds is 7. The first-order valence-electron chi connectivity index (χ1n) is 9.32. The number of nitrogens with one attached hydrogen (secondary N) is 1. The summed E-state index contributed by atoms with van der Waals surface area (Å²) in [5, 5.41) is 2.74. The van der Waals surface area contributed by atoms with E-state index in [-0.39, 0.29) is 19.1 Å². The van der Waals surface area contributed by atoms with Crippen molar-refractivity contribution >= 4 is 17.6 Å². The molecule has 1 N–H and O–H groups in total. The molecule has 5 nitrogen and oxygen atoms in total. The van der Waals surface area contributed by atoms with Crippen LogP contribution in [0.2, 0.25) is 0 Å². The minimum absolute atomic E-state index is 0.262. The number of carbonyl (C=O) groups is 2. The second kappa shape index (κ2) is 9.55. The molecule has 0 unspecified atom stereocenters. The molecule has 148 valence electrons. The highest BCUT2D eigenvalue weighted by Gasteiger charge is 2.10. The normalized spacial score (nSPS) is 10.3. The van der Waals surface area contributed by atoms with Gasteiger partial charge in [0.05, 0.1) is 0 Å². The molecule has 0 spiro atoms. The maximum absolute atomic E-state index is 12.0. The first-order valence-corrected chi connectivity index (χ1v) is 9.32. The van der Waals surface area contributed by atoms with Crippen molar-refractivity contribution in [1.82, 2.24) is 0 Å². The van der Waals surface area contributed by atoms with E-state index < -0.39 is 5.97 Å². The van der Waals surface area contributed by atoms with E-state index in [0.29, 0.717) is 11.4 Å². The van der Waals surface area contributed by atoms with Crippen molar-refractivity contribution in [3.05, 3.63) is 83.9 Å². The highest BCUT2D eigenvalue weighted by atomic mass is 16.6. The highest BCUT2D eigenvalue weighted by Crippen LogP contribution is 2.22. The fourth-order valence-corrected chi connectivity index (χ4v) is 2.76. The topological polar surface area (TPSA) is 64.6 Å². The minimum atomic E-state index is -0.603. The number of esters is 1. The van der Waals surface area contributed by atoms with E-state index in [9.17, 15) is 9.59 Å². The van der Waals surface area contributed by atoms with Crippen molar-refractivity contribution in [2.24, 2.45) is 0 Å². The Kier molecular flexibility index (Phi) is 6.63. The van der Waals surface area contributed by atoms with E-state index in [2.05, 4.69) is 5.32 Å². The van der Waals surface area contributed by atoms with Gasteiger partial charge in [-0.15, -0.1) is 0 Å². The van der Waals surface area contributed by atoms with Crippen LogP contribution in [0.15, 0.2) is 72.8 Å². The lowest BCUT2D eigenvalue weighted by atomic mass is 10.1. The molecule has 0 saturated carbocycles. The van der Waals surface area contributed by atoms with Gasteiger partial charge < -0.3 is 14.8 Å². The fraction of sp³-hybridized carbons (Fsp3) is 0.167. The summed E-state index contributed by atoms with van der Waals surface area (Å²) < 4.78 is 10.4. The van der Waals surface area contributed by atoms with Crippen LogP contribution in [-0.2, 0) is 14.3 Å². The SMILES string of the molecule is Cc1ccc(C)c(NC(=O)COC(=O)COc2ccc(-c3ccccc3)cc2)c1. The zero-order chi connectivity index (χ0) is 20.6. The zero-order valence-corrected chi connectivity index (χ0v) is 16.5. The molecule has 3 aromatic carbocycles. The highest BCUT2D eigenvalue weighted by molar-refractivity contribution is 5.93. The lowest BCUT2D eigenvalue weighted by Crippen LogP contribution is -2.24. The Hall–Kier alpha value is -3.60. The molecular formula is C24H23NO4. The van der Waals surface area contributed by atoms with E-state index in [0.717, 1.165) is 22.3 Å². The van der Waals surface area contributed by atoms with Crippen molar-refractivity contribution in [2.45, 2.75) is 13.8 Å². The van der Waals surface area contributed by atoms with Gasteiger partial charge in [0.25, 0.3) is 5.91 Å². The largest absolute Gasteiger partial charge is 0.482 e. The van der Waals surface area contributed by atoms with Crippen molar-refractivity contribution in [2.75, 3.05) is 18.5 Å². The molecule has 0 fully saturated rings. The Morgan fingerprint density at radius 1 is 0.828 bits per heavy atom. The Labute approximate surface area is 170 Å². The fourth-order valence-electron chi connectivity index (χ4n) is 2.76. The van der Waals surface area contributed by atoms with Gasteiger partial charge in [-0.05, 0) is 54.3 Å². The number of anilines is 1. The molecule has 0 saturated heterocycles. The van der Waals surface area contributed by atoms with Crippen LogP contribution in [0.5, 0.6) is 5.75 Å². The lowest BCUT2D eigenvalue weighted by molar-refractivity contribution is -0.149. The number of aryl methyl sites for hydroxylation is 2. The van der Waals surface area contributed by atoms with Crippen molar-refractivity contribution in [1.29, 1.82) is 0 Å². The number of hydrogen-bond acceptors (Lipinski definition) is 4. The third-order valence-electron chi connectivity index (χ3n) is 4.35. The minimum Gasteiger partial charge on any atom is -0.482 e. The summed E-state index contributed by atoms with van der Waals surface area (Å²) in [6.07, 6.45) is 0. The molecule has 0 heterocycles. The van der Waals surface area contributed by atoms with Gasteiger partial charge in [0.15, 0.2) is 13.2 Å². The molecule has 3 rings (SSSR count). The summed E-state index contributed by atoms with van der Waals surface area (Å²) in [5.74, 6) is -0.436. The number of carbonyl (C=O) groups excluding carboxylic acids is 2. The van der Waals surface area contributed by atoms with Crippen molar-refractivity contribution < 1.29 is 19.1 Å². The van der Waals surface area contributed by atoms with Gasteiger partial charge in [-0.25, -0.2) is 4.79 Å². The predicted octanol–water partition coefficient (Wildman–Crippen LogP) is 4.53. The van der Waals surface area contributed by atoms with Gasteiger partial charge in [-0.3, -0.25) is 4.79 Å². The van der Waals surface area contributed by atoms with Crippen LogP contribution < -0.4 is 10.1 Å². The van der Waals surface area contributed by atoms with Gasteiger partial charge in [0.1, 0.15) is 5.75 Å². The number of ether oxygens (including phenoxy) is 2. The number of hydrogen-bond donors (Lipinski definition) is 1. The van der Waals surface area contributed by atoms with Gasteiger partial charge in [0.2, 0.25) is 0 Å². The molecule has 0 aliphatic carbocycles. The van der Waals surface area contributed by atoms with Crippen LogP contribution >= 0.6 is 0 Å². The molecule has 29 heavy (non-hydrogen) atoms.